The van der Waals surface area contributed by atoms with E-state index >= 15 is 0 Å². The fourth-order valence-corrected chi connectivity index (χ4v) is 9.65. The number of hydrogen-bond donors (Lipinski definition) is 0. The zero-order valence-electron chi connectivity index (χ0n) is 28.7. The lowest BCUT2D eigenvalue weighted by atomic mass is 9.69. The van der Waals surface area contributed by atoms with E-state index in [1.54, 1.807) is 0 Å². The molecule has 2 aliphatic rings. The van der Waals surface area contributed by atoms with Gasteiger partial charge in [0.05, 0.1) is 22.1 Å². The van der Waals surface area contributed by atoms with Crippen LogP contribution < -0.4 is 0 Å². The van der Waals surface area contributed by atoms with Crippen molar-refractivity contribution in [2.45, 2.75) is 5.41 Å². The molecule has 1 spiro atoms. The van der Waals surface area contributed by atoms with Crippen molar-refractivity contribution in [2.24, 2.45) is 0 Å². The van der Waals surface area contributed by atoms with Gasteiger partial charge in [-0.05, 0) is 114 Å². The van der Waals surface area contributed by atoms with Crippen LogP contribution in [0.25, 0.3) is 88.0 Å². The Balaban J connectivity index is 1.16. The molecule has 2 heteroatoms. The molecule has 2 heterocycles. The van der Waals surface area contributed by atoms with E-state index in [-0.39, 0.29) is 0 Å². The Kier molecular flexibility index (Phi) is 5.73. The van der Waals surface area contributed by atoms with Crippen LogP contribution in [0.2, 0.25) is 0 Å². The molecule has 0 atom stereocenters. The van der Waals surface area contributed by atoms with Crippen LogP contribution in [0.3, 0.4) is 0 Å². The smallest absolute Gasteiger partial charge is 0.0972 e. The lowest BCUT2D eigenvalue weighted by molar-refractivity contribution is 0.796. The summed E-state index contributed by atoms with van der Waals surface area (Å²) in [5, 5.41) is 7.25. The predicted octanol–water partition coefficient (Wildman–Crippen LogP) is 12.8. The summed E-state index contributed by atoms with van der Waals surface area (Å²) in [6, 6.07) is 65.0. The standard InChI is InChI=1S/C51H30N2/c1-2-12-34-29-45-42(28-33(34)11-1)48-40-19-4-3-16-37(40)41(30-46(48)51(45)43-20-7-5-17-38(43)39-18-6-8-21-44(39)51)35-13-9-14-36(27-35)47-25-24-32-23-22-31-15-10-26-52-49(31)50(32)53-47/h1-30H. The maximum Gasteiger partial charge on any atom is 0.0972 e. The summed E-state index contributed by atoms with van der Waals surface area (Å²) in [5.74, 6) is 0. The Morgan fingerprint density at radius 3 is 1.81 bits per heavy atom. The molecule has 0 amide bonds. The van der Waals surface area contributed by atoms with Gasteiger partial charge in [-0.1, -0.05) is 140 Å². The minimum absolute atomic E-state index is 0.452. The molecule has 2 nitrogen and oxygen atoms in total. The van der Waals surface area contributed by atoms with E-state index in [1.165, 1.54) is 77.2 Å². The first-order valence-corrected chi connectivity index (χ1v) is 18.3. The topological polar surface area (TPSA) is 25.8 Å². The summed E-state index contributed by atoms with van der Waals surface area (Å²) in [6.07, 6.45) is 1.85. The van der Waals surface area contributed by atoms with Crippen molar-refractivity contribution in [3.8, 4) is 44.6 Å². The largest absolute Gasteiger partial charge is 0.254 e. The number of hydrogen-bond acceptors (Lipinski definition) is 2. The van der Waals surface area contributed by atoms with Gasteiger partial charge in [-0.25, -0.2) is 4.98 Å². The zero-order chi connectivity index (χ0) is 34.7. The molecule has 10 aromatic rings. The highest BCUT2D eigenvalue weighted by Crippen LogP contribution is 2.64. The molecule has 0 fully saturated rings. The molecule has 0 radical (unpaired) electrons. The fourth-order valence-electron chi connectivity index (χ4n) is 9.65. The van der Waals surface area contributed by atoms with Crippen molar-refractivity contribution in [2.75, 3.05) is 0 Å². The molecule has 2 aromatic heterocycles. The van der Waals surface area contributed by atoms with Crippen molar-refractivity contribution in [3.05, 3.63) is 204 Å². The average Bonchev–Trinajstić information content (AvgIpc) is 3.69. The number of benzene rings is 8. The van der Waals surface area contributed by atoms with Crippen LogP contribution in [0.4, 0.5) is 0 Å². The highest BCUT2D eigenvalue weighted by Gasteiger charge is 2.52. The molecule has 0 N–H and O–H groups in total. The molecule has 0 unspecified atom stereocenters. The Labute approximate surface area is 306 Å². The molecule has 0 bridgehead atoms. The molecule has 12 rings (SSSR count). The summed E-state index contributed by atoms with van der Waals surface area (Å²) in [6.45, 7) is 0. The molecule has 0 saturated heterocycles. The molecule has 2 aliphatic carbocycles. The molecular formula is C51H30N2. The van der Waals surface area contributed by atoms with E-state index in [9.17, 15) is 0 Å². The second-order valence-electron chi connectivity index (χ2n) is 14.5. The summed E-state index contributed by atoms with van der Waals surface area (Å²) in [5.41, 5.74) is 16.6. The van der Waals surface area contributed by atoms with Gasteiger partial charge in [-0.3, -0.25) is 4.98 Å². The van der Waals surface area contributed by atoms with Crippen LogP contribution >= 0.6 is 0 Å². The second-order valence-corrected chi connectivity index (χ2v) is 14.5. The van der Waals surface area contributed by atoms with Crippen LogP contribution in [0, 0.1) is 0 Å². The molecule has 0 aliphatic heterocycles. The third kappa shape index (κ3) is 3.82. The van der Waals surface area contributed by atoms with Crippen molar-refractivity contribution in [1.82, 2.24) is 9.97 Å². The van der Waals surface area contributed by atoms with Gasteiger partial charge < -0.3 is 0 Å². The molecular weight excluding hydrogens is 641 g/mol. The van der Waals surface area contributed by atoms with Crippen molar-refractivity contribution in [1.29, 1.82) is 0 Å². The summed E-state index contributed by atoms with van der Waals surface area (Å²) in [7, 11) is 0. The number of pyridine rings is 2. The first kappa shape index (κ1) is 28.8. The second kappa shape index (κ2) is 10.6. The third-order valence-corrected chi connectivity index (χ3v) is 11.9. The minimum atomic E-state index is -0.452. The lowest BCUT2D eigenvalue weighted by Gasteiger charge is -2.31. The predicted molar refractivity (Wildman–Crippen MR) is 219 cm³/mol. The van der Waals surface area contributed by atoms with Crippen LogP contribution in [0.5, 0.6) is 0 Å². The van der Waals surface area contributed by atoms with Gasteiger partial charge in [-0.2, -0.15) is 0 Å². The normalized spacial score (nSPS) is 13.4. The minimum Gasteiger partial charge on any atom is -0.254 e. The number of aromatic nitrogens is 2. The molecule has 53 heavy (non-hydrogen) atoms. The molecule has 244 valence electrons. The summed E-state index contributed by atoms with van der Waals surface area (Å²) >= 11 is 0. The highest BCUT2D eigenvalue weighted by molar-refractivity contribution is 6.13. The van der Waals surface area contributed by atoms with Gasteiger partial charge in [0.2, 0.25) is 0 Å². The summed E-state index contributed by atoms with van der Waals surface area (Å²) in [4.78, 5) is 9.94. The van der Waals surface area contributed by atoms with E-state index in [4.69, 9.17) is 9.97 Å². The first-order valence-electron chi connectivity index (χ1n) is 18.3. The SMILES string of the molecule is c1cc(-c2ccc3ccc4cccnc4c3n2)cc(-c2cc3c(c4ccccc24)-c2cc4ccccc4cc2C32c3ccccc3-c3ccccc32)c1. The summed E-state index contributed by atoms with van der Waals surface area (Å²) < 4.78 is 0. The maximum atomic E-state index is 5.23. The van der Waals surface area contributed by atoms with Crippen LogP contribution in [0.15, 0.2) is 182 Å². The average molecular weight is 671 g/mol. The van der Waals surface area contributed by atoms with Crippen molar-refractivity contribution >= 4 is 43.4 Å². The van der Waals surface area contributed by atoms with Gasteiger partial charge in [-0.15, -0.1) is 0 Å². The van der Waals surface area contributed by atoms with Crippen LogP contribution in [-0.2, 0) is 5.41 Å². The maximum absolute atomic E-state index is 5.23. The van der Waals surface area contributed by atoms with Crippen LogP contribution in [0.1, 0.15) is 22.3 Å². The zero-order valence-corrected chi connectivity index (χ0v) is 28.7. The van der Waals surface area contributed by atoms with Crippen molar-refractivity contribution < 1.29 is 0 Å². The lowest BCUT2D eigenvalue weighted by Crippen LogP contribution is -2.26. The monoisotopic (exact) mass is 670 g/mol. The van der Waals surface area contributed by atoms with Gasteiger partial charge >= 0.3 is 0 Å². The van der Waals surface area contributed by atoms with Gasteiger partial charge in [0.25, 0.3) is 0 Å². The number of rotatable bonds is 2. The van der Waals surface area contributed by atoms with Crippen molar-refractivity contribution in [3.63, 3.8) is 0 Å². The van der Waals surface area contributed by atoms with E-state index in [1.807, 2.05) is 12.3 Å². The fraction of sp³-hybridized carbons (Fsp3) is 0.0196. The van der Waals surface area contributed by atoms with Crippen LogP contribution in [-0.4, -0.2) is 9.97 Å². The van der Waals surface area contributed by atoms with Gasteiger partial charge in [0.15, 0.2) is 0 Å². The Morgan fingerprint density at radius 2 is 1.00 bits per heavy atom. The van der Waals surface area contributed by atoms with E-state index in [0.29, 0.717) is 0 Å². The number of nitrogens with zero attached hydrogens (tertiary/aromatic N) is 2. The third-order valence-electron chi connectivity index (χ3n) is 11.9. The Hall–Kier alpha value is -6.90. The van der Waals surface area contributed by atoms with Gasteiger partial charge in [0.1, 0.15) is 0 Å². The Bertz CT molecular complexity index is 3140. The highest BCUT2D eigenvalue weighted by atomic mass is 14.8. The molecule has 0 saturated carbocycles. The first-order chi connectivity index (χ1) is 26.3. The van der Waals surface area contributed by atoms with E-state index in [0.717, 1.165) is 33.1 Å². The van der Waals surface area contributed by atoms with E-state index < -0.39 is 5.41 Å². The number of fused-ring (bicyclic) bond motifs is 16. The van der Waals surface area contributed by atoms with E-state index in [2.05, 4.69) is 170 Å². The molecule has 8 aromatic carbocycles. The van der Waals surface area contributed by atoms with Gasteiger partial charge in [0, 0.05) is 22.5 Å². The Morgan fingerprint density at radius 1 is 0.358 bits per heavy atom. The quantitative estimate of drug-likeness (QED) is 0.171.